The van der Waals surface area contributed by atoms with Crippen LogP contribution in [0.15, 0.2) is 0 Å². The third-order valence-electron chi connectivity index (χ3n) is 4.47. The number of esters is 4. The molecule has 0 bridgehead atoms. The van der Waals surface area contributed by atoms with E-state index in [9.17, 15) is 32.1 Å². The SMILES string of the molecule is CC1(C)COC(=O)C1OC(=O)CC(C(=O)OC1C(=O)OCC1(C)C)S(=O)(=O)[O-]. The van der Waals surface area contributed by atoms with Crippen molar-refractivity contribution in [3.63, 3.8) is 0 Å². The first kappa shape index (κ1) is 22.1. The van der Waals surface area contributed by atoms with E-state index >= 15 is 0 Å². The molecule has 3 unspecified atom stereocenters. The zero-order chi connectivity index (χ0) is 21.5. The minimum Gasteiger partial charge on any atom is -0.747 e. The lowest BCUT2D eigenvalue weighted by molar-refractivity contribution is -0.167. The minimum absolute atomic E-state index is 0.0199. The van der Waals surface area contributed by atoms with Gasteiger partial charge in [0.25, 0.3) is 0 Å². The fourth-order valence-electron chi connectivity index (χ4n) is 2.70. The molecule has 11 nitrogen and oxygen atoms in total. The van der Waals surface area contributed by atoms with Crippen molar-refractivity contribution >= 4 is 34.0 Å². The summed E-state index contributed by atoms with van der Waals surface area (Å²) in [5.74, 6) is -4.56. The van der Waals surface area contributed by atoms with Crippen LogP contribution in [0.5, 0.6) is 0 Å². The topological polar surface area (TPSA) is 162 Å². The van der Waals surface area contributed by atoms with E-state index in [0.717, 1.165) is 0 Å². The van der Waals surface area contributed by atoms with Gasteiger partial charge in [0.15, 0.2) is 5.25 Å². The maximum absolute atomic E-state index is 12.2. The molecule has 0 saturated carbocycles. The molecule has 3 atom stereocenters. The summed E-state index contributed by atoms with van der Waals surface area (Å²) in [5.41, 5.74) is -1.81. The summed E-state index contributed by atoms with van der Waals surface area (Å²) >= 11 is 0. The first-order valence-electron chi connectivity index (χ1n) is 8.33. The van der Waals surface area contributed by atoms with Crippen LogP contribution in [0.1, 0.15) is 34.1 Å². The number of carbonyl (C=O) groups is 4. The molecule has 0 aromatic heterocycles. The highest BCUT2D eigenvalue weighted by Gasteiger charge is 2.49. The van der Waals surface area contributed by atoms with Crippen LogP contribution in [0.25, 0.3) is 0 Å². The second-order valence-electron chi connectivity index (χ2n) is 8.06. The number of rotatable bonds is 6. The third kappa shape index (κ3) is 4.61. The predicted molar refractivity (Wildman–Crippen MR) is 87.3 cm³/mol. The van der Waals surface area contributed by atoms with Crippen LogP contribution in [0.4, 0.5) is 0 Å². The molecule has 0 aliphatic carbocycles. The van der Waals surface area contributed by atoms with Crippen LogP contribution >= 0.6 is 0 Å². The third-order valence-corrected chi connectivity index (χ3v) is 5.52. The van der Waals surface area contributed by atoms with E-state index in [-0.39, 0.29) is 13.2 Å². The molecule has 0 spiro atoms. The second kappa shape index (κ2) is 7.32. The summed E-state index contributed by atoms with van der Waals surface area (Å²) < 4.78 is 53.8. The van der Waals surface area contributed by atoms with Crippen molar-refractivity contribution in [2.24, 2.45) is 10.8 Å². The molecule has 2 aliphatic rings. The predicted octanol–water partition coefficient (Wildman–Crippen LogP) is -0.720. The Labute approximate surface area is 161 Å². The van der Waals surface area contributed by atoms with Gasteiger partial charge in [0.05, 0.1) is 6.42 Å². The van der Waals surface area contributed by atoms with Gasteiger partial charge in [0.2, 0.25) is 12.2 Å². The maximum atomic E-state index is 12.2. The van der Waals surface area contributed by atoms with E-state index in [1.807, 2.05) is 0 Å². The van der Waals surface area contributed by atoms with Gasteiger partial charge in [-0.25, -0.2) is 18.0 Å². The highest BCUT2D eigenvalue weighted by atomic mass is 32.2. The number of cyclic esters (lactones) is 2. The van der Waals surface area contributed by atoms with Gasteiger partial charge in [-0.2, -0.15) is 0 Å². The first-order chi connectivity index (χ1) is 12.6. The van der Waals surface area contributed by atoms with Crippen molar-refractivity contribution in [3.8, 4) is 0 Å². The molecule has 0 aromatic rings. The molecule has 0 N–H and O–H groups in total. The van der Waals surface area contributed by atoms with Gasteiger partial charge in [0.1, 0.15) is 23.3 Å². The molecule has 2 saturated heterocycles. The highest BCUT2D eigenvalue weighted by Crippen LogP contribution is 2.33. The maximum Gasteiger partial charge on any atom is 0.348 e. The van der Waals surface area contributed by atoms with Gasteiger partial charge in [-0.3, -0.25) is 9.59 Å². The quantitative estimate of drug-likeness (QED) is 0.302. The van der Waals surface area contributed by atoms with Crippen LogP contribution in [0, 0.1) is 10.8 Å². The number of hydrogen-bond donors (Lipinski definition) is 0. The van der Waals surface area contributed by atoms with Gasteiger partial charge in [-0.05, 0) is 0 Å². The zero-order valence-corrected chi connectivity index (χ0v) is 16.6. The smallest absolute Gasteiger partial charge is 0.348 e. The van der Waals surface area contributed by atoms with Crippen LogP contribution in [0.3, 0.4) is 0 Å². The standard InChI is InChI=1S/C16H22O11S/c1-15(2)6-24-13(19)10(15)26-9(17)5-8(28(21,22)23)12(18)27-11-14(20)25-7-16(11,3)4/h8,10-11H,5-7H2,1-4H3,(H,21,22,23)/p-1. The van der Waals surface area contributed by atoms with Gasteiger partial charge in [0, 0.05) is 10.8 Å². The van der Waals surface area contributed by atoms with Crippen LogP contribution in [-0.2, 0) is 48.2 Å². The molecule has 2 heterocycles. The van der Waals surface area contributed by atoms with E-state index in [2.05, 4.69) is 0 Å². The first-order valence-corrected chi connectivity index (χ1v) is 9.80. The van der Waals surface area contributed by atoms with E-state index in [0.29, 0.717) is 0 Å². The van der Waals surface area contributed by atoms with Crippen LogP contribution in [0.2, 0.25) is 0 Å². The fourth-order valence-corrected chi connectivity index (χ4v) is 3.33. The summed E-state index contributed by atoms with van der Waals surface area (Å²) in [6.45, 7) is 6.16. The van der Waals surface area contributed by atoms with Gasteiger partial charge in [-0.15, -0.1) is 0 Å². The average Bonchev–Trinajstić information content (AvgIpc) is 2.95. The van der Waals surface area contributed by atoms with Gasteiger partial charge < -0.3 is 23.5 Å². The minimum atomic E-state index is -5.33. The Morgan fingerprint density at radius 3 is 1.82 bits per heavy atom. The second-order valence-corrected chi connectivity index (χ2v) is 9.62. The summed E-state index contributed by atoms with van der Waals surface area (Å²) in [4.78, 5) is 47.7. The lowest BCUT2D eigenvalue weighted by Crippen LogP contribution is -2.42. The van der Waals surface area contributed by atoms with Crippen molar-refractivity contribution in [1.29, 1.82) is 0 Å². The van der Waals surface area contributed by atoms with Crippen LogP contribution < -0.4 is 0 Å². The molecule has 28 heavy (non-hydrogen) atoms. The molecule has 12 heteroatoms. The van der Waals surface area contributed by atoms with Crippen molar-refractivity contribution in [1.82, 2.24) is 0 Å². The van der Waals surface area contributed by atoms with E-state index in [1.165, 1.54) is 0 Å². The molecule has 2 aliphatic heterocycles. The van der Waals surface area contributed by atoms with Crippen molar-refractivity contribution in [3.05, 3.63) is 0 Å². The number of ether oxygens (including phenoxy) is 4. The zero-order valence-electron chi connectivity index (χ0n) is 15.8. The summed E-state index contributed by atoms with van der Waals surface area (Å²) in [6, 6.07) is 0. The molecule has 2 rings (SSSR count). The Morgan fingerprint density at radius 2 is 1.46 bits per heavy atom. The molecular formula is C16H21O11S-. The summed E-state index contributed by atoms with van der Waals surface area (Å²) in [5, 5.41) is -2.44. The Bertz CT molecular complexity index is 795. The highest BCUT2D eigenvalue weighted by molar-refractivity contribution is 7.87. The Balaban J connectivity index is 2.12. The van der Waals surface area contributed by atoms with Crippen molar-refractivity contribution in [2.75, 3.05) is 13.2 Å². The normalized spacial score (nSPS) is 26.9. The molecular weight excluding hydrogens is 400 g/mol. The lowest BCUT2D eigenvalue weighted by Gasteiger charge is -2.26. The molecule has 0 radical (unpaired) electrons. The molecule has 2 fully saturated rings. The average molecular weight is 421 g/mol. The van der Waals surface area contributed by atoms with Crippen molar-refractivity contribution in [2.45, 2.75) is 51.6 Å². The summed E-state index contributed by atoms with van der Waals surface area (Å²) in [7, 11) is -5.33. The number of hydrogen-bond acceptors (Lipinski definition) is 11. The monoisotopic (exact) mass is 421 g/mol. The molecule has 0 aromatic carbocycles. The van der Waals surface area contributed by atoms with E-state index < -0.39 is 68.7 Å². The Hall–Kier alpha value is -2.21. The molecule has 158 valence electrons. The fraction of sp³-hybridized carbons (Fsp3) is 0.750. The Morgan fingerprint density at radius 1 is 1.04 bits per heavy atom. The Kier molecular flexibility index (Phi) is 5.77. The summed E-state index contributed by atoms with van der Waals surface area (Å²) in [6.07, 6.45) is -3.91. The van der Waals surface area contributed by atoms with E-state index in [4.69, 9.17) is 18.9 Å². The van der Waals surface area contributed by atoms with Crippen molar-refractivity contribution < 1.29 is 51.1 Å². The van der Waals surface area contributed by atoms with Gasteiger partial charge in [-0.1, -0.05) is 27.7 Å². The van der Waals surface area contributed by atoms with Crippen LogP contribution in [-0.4, -0.2) is 67.5 Å². The molecule has 0 amide bonds. The van der Waals surface area contributed by atoms with E-state index in [1.54, 1.807) is 27.7 Å². The number of carbonyl (C=O) groups excluding carboxylic acids is 4. The van der Waals surface area contributed by atoms with Gasteiger partial charge >= 0.3 is 23.9 Å². The largest absolute Gasteiger partial charge is 0.747 e. The lowest BCUT2D eigenvalue weighted by atomic mass is 9.89.